The topological polar surface area (TPSA) is 113 Å². The van der Waals surface area contributed by atoms with Crippen LogP contribution >= 0.6 is 0 Å². The Hall–Kier alpha value is -3.82. The van der Waals surface area contributed by atoms with E-state index in [1.165, 1.54) is 16.9 Å². The summed E-state index contributed by atoms with van der Waals surface area (Å²) in [5.41, 5.74) is 0.299. The van der Waals surface area contributed by atoms with Gasteiger partial charge in [-0.05, 0) is 68.9 Å². The molecule has 1 saturated heterocycles. The van der Waals surface area contributed by atoms with Gasteiger partial charge < -0.3 is 9.64 Å². The van der Waals surface area contributed by atoms with Gasteiger partial charge in [0.05, 0.1) is 6.42 Å². The quantitative estimate of drug-likeness (QED) is 0.393. The van der Waals surface area contributed by atoms with E-state index >= 15 is 0 Å². The molecule has 3 amide bonds. The van der Waals surface area contributed by atoms with Crippen LogP contribution in [0.1, 0.15) is 64.0 Å². The van der Waals surface area contributed by atoms with Gasteiger partial charge in [-0.25, -0.2) is 5.01 Å². The Kier molecular flexibility index (Phi) is 10.3. The lowest BCUT2D eigenvalue weighted by atomic mass is 9.81. The van der Waals surface area contributed by atoms with E-state index in [9.17, 15) is 19.2 Å². The van der Waals surface area contributed by atoms with Gasteiger partial charge in [-0.15, -0.1) is 0 Å². The largest absolute Gasteiger partial charge is 0.455 e. The van der Waals surface area contributed by atoms with Gasteiger partial charge in [0.2, 0.25) is 11.8 Å². The van der Waals surface area contributed by atoms with Crippen LogP contribution in [-0.2, 0) is 35.9 Å². The Morgan fingerprint density at radius 2 is 1.79 bits per heavy atom. The third kappa shape index (κ3) is 6.93. The highest BCUT2D eigenvalue weighted by Crippen LogP contribution is 2.39. The predicted octanol–water partition coefficient (Wildman–Crippen LogP) is 2.88. The van der Waals surface area contributed by atoms with Crippen molar-refractivity contribution in [2.75, 3.05) is 26.2 Å². The molecule has 10 nitrogen and oxygen atoms in total. The average molecular weight is 524 g/mol. The number of hydrazine groups is 1. The number of aryl methyl sites for hydroxylation is 1. The van der Waals surface area contributed by atoms with Crippen LogP contribution in [0.15, 0.2) is 49.1 Å². The maximum atomic E-state index is 13.4. The maximum absolute atomic E-state index is 13.4. The number of rotatable bonds is 12. The number of hydrogen-bond acceptors (Lipinski definition) is 7. The number of nitrogens with zero attached hydrogens (tertiary/aromatic N) is 5. The van der Waals surface area contributed by atoms with Crippen LogP contribution in [0.3, 0.4) is 0 Å². The summed E-state index contributed by atoms with van der Waals surface area (Å²) in [5.74, 6) is -1.47. The van der Waals surface area contributed by atoms with Crippen LogP contribution in [-0.4, -0.2) is 74.8 Å². The zero-order chi connectivity index (χ0) is 27.5. The molecule has 2 aromatic heterocycles. The number of amides is 3. The number of hydrogen-bond donors (Lipinski definition) is 0. The zero-order valence-corrected chi connectivity index (χ0v) is 22.5. The normalized spacial score (nSPS) is 14.9. The lowest BCUT2D eigenvalue weighted by Gasteiger charge is -2.49. The molecule has 0 N–H and O–H groups in total. The van der Waals surface area contributed by atoms with Crippen molar-refractivity contribution >= 4 is 23.7 Å². The molecule has 38 heavy (non-hydrogen) atoms. The first-order chi connectivity index (χ1) is 18.3. The highest BCUT2D eigenvalue weighted by atomic mass is 16.5. The molecule has 1 fully saturated rings. The first-order valence-corrected chi connectivity index (χ1v) is 13.2. The lowest BCUT2D eigenvalue weighted by molar-refractivity contribution is -0.187. The minimum atomic E-state index is -1.27. The summed E-state index contributed by atoms with van der Waals surface area (Å²) in [6, 6.07) is 7.29. The fourth-order valence-corrected chi connectivity index (χ4v) is 4.98. The Balaban J connectivity index is 2.04. The molecule has 0 radical (unpaired) electrons. The number of piperidine rings is 1. The molecule has 1 aliphatic heterocycles. The molecule has 1 atom stereocenters. The Morgan fingerprint density at radius 3 is 2.39 bits per heavy atom. The number of esters is 1. The molecule has 3 heterocycles. The van der Waals surface area contributed by atoms with E-state index in [0.717, 1.165) is 18.4 Å². The van der Waals surface area contributed by atoms with E-state index in [2.05, 4.69) is 9.97 Å². The van der Waals surface area contributed by atoms with Crippen LogP contribution in [0.4, 0.5) is 0 Å². The van der Waals surface area contributed by atoms with Crippen LogP contribution in [0, 0.1) is 0 Å². The molecule has 1 aliphatic rings. The van der Waals surface area contributed by atoms with Crippen molar-refractivity contribution in [3.8, 4) is 0 Å². The summed E-state index contributed by atoms with van der Waals surface area (Å²) in [6.07, 6.45) is 8.96. The molecule has 0 spiro atoms. The fraction of sp³-hybridized carbons (Fsp3) is 0.500. The van der Waals surface area contributed by atoms with E-state index in [1.807, 2.05) is 26.0 Å². The van der Waals surface area contributed by atoms with E-state index in [4.69, 9.17) is 4.74 Å². The first kappa shape index (κ1) is 28.7. The van der Waals surface area contributed by atoms with Crippen LogP contribution in [0.25, 0.3) is 0 Å². The van der Waals surface area contributed by atoms with Crippen LogP contribution in [0.5, 0.6) is 0 Å². The standard InChI is InChI=1S/C28H37N5O5/c1-4-31(5-2)26(36)21-38-27(37)19-28(24-9-8-15-30-20-24,14-11-23-12-16-29-17-13-23)33(22(3)34)32-18-7-6-10-25(32)35/h8-9,12-13,15-17,20H,4-7,10-11,14,18-19,21H2,1-3H3/t28-/m0/s1. The molecule has 0 unspecified atom stereocenters. The summed E-state index contributed by atoms with van der Waals surface area (Å²) in [7, 11) is 0. The number of carbonyl (C=O) groups excluding carboxylic acids is 4. The Labute approximate surface area is 224 Å². The lowest BCUT2D eigenvalue weighted by Crippen LogP contribution is -2.61. The van der Waals surface area contributed by atoms with Gasteiger partial charge in [-0.1, -0.05) is 6.07 Å². The molecular weight excluding hydrogens is 486 g/mol. The number of carbonyl (C=O) groups is 4. The van der Waals surface area contributed by atoms with Crippen LogP contribution in [0.2, 0.25) is 0 Å². The van der Waals surface area contributed by atoms with Gasteiger partial charge in [0, 0.05) is 57.8 Å². The highest BCUT2D eigenvalue weighted by Gasteiger charge is 2.47. The third-order valence-electron chi connectivity index (χ3n) is 6.93. The SMILES string of the molecule is CCN(CC)C(=O)COC(=O)C[C@@](CCc1ccncc1)(c1cccnc1)N(C(C)=O)N1CCCCC1=O. The predicted molar refractivity (Wildman–Crippen MR) is 140 cm³/mol. The van der Waals surface area contributed by atoms with Gasteiger partial charge in [0.1, 0.15) is 5.54 Å². The third-order valence-corrected chi connectivity index (χ3v) is 6.93. The maximum Gasteiger partial charge on any atom is 0.309 e. The minimum absolute atomic E-state index is 0.172. The molecule has 3 rings (SSSR count). The van der Waals surface area contributed by atoms with Crippen molar-refractivity contribution in [2.24, 2.45) is 0 Å². The minimum Gasteiger partial charge on any atom is -0.455 e. The molecule has 0 saturated carbocycles. The Morgan fingerprint density at radius 1 is 1.05 bits per heavy atom. The number of likely N-dealkylation sites (N-methyl/N-ethyl adjacent to an activating group) is 1. The number of pyridine rings is 2. The monoisotopic (exact) mass is 523 g/mol. The van der Waals surface area contributed by atoms with Gasteiger partial charge in [-0.2, -0.15) is 0 Å². The summed E-state index contributed by atoms with van der Waals surface area (Å²) in [4.78, 5) is 62.2. The summed E-state index contributed by atoms with van der Waals surface area (Å²) in [6.45, 7) is 6.10. The smallest absolute Gasteiger partial charge is 0.309 e. The molecule has 0 aromatic carbocycles. The second-order valence-electron chi connectivity index (χ2n) is 9.34. The highest BCUT2D eigenvalue weighted by molar-refractivity contribution is 5.84. The van der Waals surface area contributed by atoms with Crippen molar-refractivity contribution in [1.29, 1.82) is 0 Å². The van der Waals surface area contributed by atoms with Gasteiger partial charge >= 0.3 is 5.97 Å². The summed E-state index contributed by atoms with van der Waals surface area (Å²) >= 11 is 0. The van der Waals surface area contributed by atoms with E-state index in [-0.39, 0.29) is 24.1 Å². The number of aromatic nitrogens is 2. The van der Waals surface area contributed by atoms with E-state index < -0.39 is 18.1 Å². The second-order valence-corrected chi connectivity index (χ2v) is 9.34. The summed E-state index contributed by atoms with van der Waals surface area (Å²) in [5, 5.41) is 2.90. The van der Waals surface area contributed by atoms with Gasteiger partial charge in [0.25, 0.3) is 5.91 Å². The molecule has 2 aromatic rings. The van der Waals surface area contributed by atoms with E-state index in [0.29, 0.717) is 44.5 Å². The van der Waals surface area contributed by atoms with Crippen molar-refractivity contribution in [3.05, 3.63) is 60.2 Å². The molecular formula is C28H37N5O5. The Bertz CT molecular complexity index is 1090. The zero-order valence-electron chi connectivity index (χ0n) is 22.5. The molecule has 10 heteroatoms. The fourth-order valence-electron chi connectivity index (χ4n) is 4.98. The van der Waals surface area contributed by atoms with Gasteiger partial charge in [-0.3, -0.25) is 34.2 Å². The van der Waals surface area contributed by atoms with Crippen molar-refractivity contribution in [2.45, 2.75) is 64.8 Å². The summed E-state index contributed by atoms with van der Waals surface area (Å²) < 4.78 is 5.46. The van der Waals surface area contributed by atoms with Crippen LogP contribution < -0.4 is 0 Å². The first-order valence-electron chi connectivity index (χ1n) is 13.2. The van der Waals surface area contributed by atoms with Crippen molar-refractivity contribution in [3.63, 3.8) is 0 Å². The van der Waals surface area contributed by atoms with Crippen molar-refractivity contribution in [1.82, 2.24) is 24.9 Å². The number of ether oxygens (including phenoxy) is 1. The average Bonchev–Trinajstić information content (AvgIpc) is 2.93. The molecule has 0 aliphatic carbocycles. The van der Waals surface area contributed by atoms with E-state index in [1.54, 1.807) is 41.8 Å². The molecule has 0 bridgehead atoms. The molecule has 204 valence electrons. The second kappa shape index (κ2) is 13.6. The van der Waals surface area contributed by atoms with Gasteiger partial charge in [0.15, 0.2) is 6.61 Å². The van der Waals surface area contributed by atoms with Crippen molar-refractivity contribution < 1.29 is 23.9 Å².